The van der Waals surface area contributed by atoms with Crippen LogP contribution in [0.15, 0.2) is 0 Å². The average molecular weight is 364 g/mol. The van der Waals surface area contributed by atoms with E-state index >= 15 is 0 Å². The SMILES string of the molecule is Cc1nc2n(n1)CCNCCCC(=O)N(C)[C@@H](C)C(=O)N[C@@H]2CC(C)C. The Bertz CT molecular complexity index is 627. The van der Waals surface area contributed by atoms with Crippen molar-refractivity contribution in [2.75, 3.05) is 20.1 Å². The van der Waals surface area contributed by atoms with Gasteiger partial charge in [0.25, 0.3) is 0 Å². The fourth-order valence-corrected chi connectivity index (χ4v) is 3.13. The molecule has 1 aromatic rings. The molecule has 1 aliphatic heterocycles. The predicted octanol–water partition coefficient (Wildman–Crippen LogP) is 1.02. The van der Waals surface area contributed by atoms with Gasteiger partial charge in [-0.3, -0.25) is 9.59 Å². The number of nitrogens with one attached hydrogen (secondary N) is 2. The van der Waals surface area contributed by atoms with Gasteiger partial charge in [0, 0.05) is 20.0 Å². The summed E-state index contributed by atoms with van der Waals surface area (Å²) in [5, 5.41) is 10.9. The second-order valence-corrected chi connectivity index (χ2v) is 7.47. The molecule has 2 rings (SSSR count). The largest absolute Gasteiger partial charge is 0.344 e. The van der Waals surface area contributed by atoms with E-state index in [4.69, 9.17) is 0 Å². The molecular weight excluding hydrogens is 332 g/mol. The molecule has 0 unspecified atom stereocenters. The summed E-state index contributed by atoms with van der Waals surface area (Å²) in [6.07, 6.45) is 1.95. The van der Waals surface area contributed by atoms with E-state index in [1.54, 1.807) is 14.0 Å². The van der Waals surface area contributed by atoms with Gasteiger partial charge in [-0.15, -0.1) is 0 Å². The van der Waals surface area contributed by atoms with Crippen molar-refractivity contribution in [3.63, 3.8) is 0 Å². The standard InChI is InChI=1S/C18H32N6O2/c1-12(2)11-15-17-20-14(4)22-24(17)10-9-19-8-6-7-16(25)23(5)13(3)18(26)21-15/h12-13,15,19H,6-11H2,1-5H3,(H,21,26)/t13-,15+/m0/s1. The van der Waals surface area contributed by atoms with Crippen molar-refractivity contribution < 1.29 is 9.59 Å². The quantitative estimate of drug-likeness (QED) is 0.817. The zero-order valence-electron chi connectivity index (χ0n) is 16.6. The van der Waals surface area contributed by atoms with Gasteiger partial charge >= 0.3 is 0 Å². The molecule has 0 aliphatic carbocycles. The molecule has 2 amide bonds. The molecule has 0 bridgehead atoms. The molecule has 2 heterocycles. The molecule has 8 heteroatoms. The minimum Gasteiger partial charge on any atom is -0.344 e. The number of aromatic nitrogens is 3. The van der Waals surface area contributed by atoms with Crippen molar-refractivity contribution in [1.29, 1.82) is 0 Å². The van der Waals surface area contributed by atoms with Gasteiger partial charge in [-0.25, -0.2) is 9.67 Å². The van der Waals surface area contributed by atoms with E-state index in [0.717, 1.165) is 31.8 Å². The van der Waals surface area contributed by atoms with E-state index in [1.807, 2.05) is 11.6 Å². The lowest BCUT2D eigenvalue weighted by molar-refractivity contribution is -0.138. The number of amides is 2. The smallest absolute Gasteiger partial charge is 0.243 e. The van der Waals surface area contributed by atoms with Crippen LogP contribution >= 0.6 is 0 Å². The Morgan fingerprint density at radius 2 is 2.00 bits per heavy atom. The van der Waals surface area contributed by atoms with E-state index in [0.29, 0.717) is 24.7 Å². The molecule has 26 heavy (non-hydrogen) atoms. The Kier molecular flexibility index (Phi) is 7.14. The first-order valence-corrected chi connectivity index (χ1v) is 9.47. The van der Waals surface area contributed by atoms with Crippen molar-refractivity contribution in [3.05, 3.63) is 11.6 Å². The summed E-state index contributed by atoms with van der Waals surface area (Å²) >= 11 is 0. The number of aryl methyl sites for hydroxylation is 1. The van der Waals surface area contributed by atoms with Gasteiger partial charge in [-0.05, 0) is 39.2 Å². The maximum absolute atomic E-state index is 12.8. The lowest BCUT2D eigenvalue weighted by Crippen LogP contribution is -2.47. The second-order valence-electron chi connectivity index (χ2n) is 7.47. The van der Waals surface area contributed by atoms with E-state index in [2.05, 4.69) is 34.6 Å². The van der Waals surface area contributed by atoms with Gasteiger partial charge in [0.15, 0.2) is 0 Å². The Hall–Kier alpha value is -1.96. The molecule has 1 aliphatic rings. The Balaban J connectivity index is 2.31. The van der Waals surface area contributed by atoms with Crippen molar-refractivity contribution in [2.45, 2.75) is 65.6 Å². The van der Waals surface area contributed by atoms with Gasteiger partial charge in [-0.1, -0.05) is 13.8 Å². The third-order valence-corrected chi connectivity index (χ3v) is 4.74. The molecule has 8 nitrogen and oxygen atoms in total. The maximum atomic E-state index is 12.8. The molecule has 0 spiro atoms. The molecule has 1 aromatic heterocycles. The van der Waals surface area contributed by atoms with Crippen LogP contribution in [0.1, 0.15) is 57.7 Å². The third kappa shape index (κ3) is 5.27. The number of likely N-dealkylation sites (N-methyl/N-ethyl adjacent to an activating group) is 1. The fourth-order valence-electron chi connectivity index (χ4n) is 3.13. The predicted molar refractivity (Wildman–Crippen MR) is 99.4 cm³/mol. The van der Waals surface area contributed by atoms with Crippen LogP contribution in [0.4, 0.5) is 0 Å². The molecular formula is C18H32N6O2. The normalized spacial score (nSPS) is 23.5. The summed E-state index contributed by atoms with van der Waals surface area (Å²) in [4.78, 5) is 31.2. The number of carbonyl (C=O) groups is 2. The molecule has 0 saturated carbocycles. The fraction of sp³-hybridized carbons (Fsp3) is 0.778. The molecule has 2 N–H and O–H groups in total. The number of nitrogens with zero attached hydrogens (tertiary/aromatic N) is 4. The molecule has 0 saturated heterocycles. The zero-order valence-corrected chi connectivity index (χ0v) is 16.6. The van der Waals surface area contributed by atoms with E-state index < -0.39 is 6.04 Å². The van der Waals surface area contributed by atoms with Gasteiger partial charge in [0.2, 0.25) is 11.8 Å². The van der Waals surface area contributed by atoms with E-state index in [9.17, 15) is 9.59 Å². The van der Waals surface area contributed by atoms with Gasteiger partial charge in [-0.2, -0.15) is 5.10 Å². The number of hydrogen-bond acceptors (Lipinski definition) is 5. The average Bonchev–Trinajstić information content (AvgIpc) is 2.95. The molecule has 0 fully saturated rings. The van der Waals surface area contributed by atoms with Crippen molar-refractivity contribution in [2.24, 2.45) is 5.92 Å². The highest BCUT2D eigenvalue weighted by molar-refractivity contribution is 5.87. The monoisotopic (exact) mass is 364 g/mol. The Morgan fingerprint density at radius 3 is 2.69 bits per heavy atom. The first kappa shape index (κ1) is 20.4. The van der Waals surface area contributed by atoms with Gasteiger partial charge < -0.3 is 15.5 Å². The first-order valence-electron chi connectivity index (χ1n) is 9.47. The Morgan fingerprint density at radius 1 is 1.27 bits per heavy atom. The molecule has 0 radical (unpaired) electrons. The molecule has 0 aromatic carbocycles. The van der Waals surface area contributed by atoms with Crippen LogP contribution in [0.25, 0.3) is 0 Å². The van der Waals surface area contributed by atoms with Gasteiger partial charge in [0.1, 0.15) is 17.7 Å². The third-order valence-electron chi connectivity index (χ3n) is 4.74. The number of carbonyl (C=O) groups excluding carboxylic acids is 2. The summed E-state index contributed by atoms with van der Waals surface area (Å²) in [6, 6.07) is -0.747. The van der Waals surface area contributed by atoms with Crippen LogP contribution in [0, 0.1) is 12.8 Å². The van der Waals surface area contributed by atoms with Crippen LogP contribution < -0.4 is 10.6 Å². The van der Waals surface area contributed by atoms with Gasteiger partial charge in [0.05, 0.1) is 12.6 Å². The maximum Gasteiger partial charge on any atom is 0.243 e. The van der Waals surface area contributed by atoms with Crippen molar-refractivity contribution in [1.82, 2.24) is 30.3 Å². The minimum atomic E-state index is -0.523. The lowest BCUT2D eigenvalue weighted by Gasteiger charge is -2.28. The van der Waals surface area contributed by atoms with Crippen LogP contribution in [-0.2, 0) is 16.1 Å². The number of fused-ring (bicyclic) bond motifs is 1. The highest BCUT2D eigenvalue weighted by Crippen LogP contribution is 2.21. The summed E-state index contributed by atoms with van der Waals surface area (Å²) in [5.41, 5.74) is 0. The number of hydrogen-bond donors (Lipinski definition) is 2. The zero-order chi connectivity index (χ0) is 19.3. The summed E-state index contributed by atoms with van der Waals surface area (Å²) in [5.74, 6) is 1.70. The second kappa shape index (κ2) is 9.12. The summed E-state index contributed by atoms with van der Waals surface area (Å²) in [7, 11) is 1.69. The molecule has 146 valence electrons. The topological polar surface area (TPSA) is 92.2 Å². The summed E-state index contributed by atoms with van der Waals surface area (Å²) < 4.78 is 1.89. The van der Waals surface area contributed by atoms with Crippen molar-refractivity contribution in [3.8, 4) is 0 Å². The first-order chi connectivity index (χ1) is 12.3. The van der Waals surface area contributed by atoms with Crippen LogP contribution in [-0.4, -0.2) is 57.7 Å². The minimum absolute atomic E-state index is 0.00840. The Labute approximate surface area is 155 Å². The van der Waals surface area contributed by atoms with Crippen molar-refractivity contribution >= 4 is 11.8 Å². The number of rotatable bonds is 2. The lowest BCUT2D eigenvalue weighted by atomic mass is 10.0. The summed E-state index contributed by atoms with van der Waals surface area (Å²) in [6.45, 7) is 10.1. The van der Waals surface area contributed by atoms with E-state index in [1.165, 1.54) is 4.90 Å². The molecule has 2 atom stereocenters. The highest BCUT2D eigenvalue weighted by atomic mass is 16.2. The highest BCUT2D eigenvalue weighted by Gasteiger charge is 2.28. The van der Waals surface area contributed by atoms with E-state index in [-0.39, 0.29) is 17.9 Å². The van der Waals surface area contributed by atoms with Crippen LogP contribution in [0.5, 0.6) is 0 Å². The van der Waals surface area contributed by atoms with Crippen LogP contribution in [0.3, 0.4) is 0 Å². The van der Waals surface area contributed by atoms with Crippen LogP contribution in [0.2, 0.25) is 0 Å².